The summed E-state index contributed by atoms with van der Waals surface area (Å²) in [5.74, 6) is 1.26. The molecule has 1 aromatic heterocycles. The lowest BCUT2D eigenvalue weighted by Gasteiger charge is -2.17. The summed E-state index contributed by atoms with van der Waals surface area (Å²) in [7, 11) is 0. The van der Waals surface area contributed by atoms with Crippen LogP contribution < -0.4 is 0 Å². The number of hydrogen-bond acceptors (Lipinski definition) is 2. The topological polar surface area (TPSA) is 17.8 Å². The van der Waals surface area contributed by atoms with Gasteiger partial charge in [-0.2, -0.15) is 11.8 Å². The maximum Gasteiger partial charge on any atom is 0.0945 e. The van der Waals surface area contributed by atoms with Gasteiger partial charge in [-0.25, -0.2) is 4.98 Å². The molecule has 26 heavy (non-hydrogen) atoms. The Hall–Kier alpha value is -0.930. The van der Waals surface area contributed by atoms with E-state index in [9.17, 15) is 0 Å². The van der Waals surface area contributed by atoms with E-state index < -0.39 is 0 Å². The minimum atomic E-state index is 0.566. The first-order valence-corrected chi connectivity index (χ1v) is 11.5. The van der Waals surface area contributed by atoms with Gasteiger partial charge in [0.2, 0.25) is 0 Å². The summed E-state index contributed by atoms with van der Waals surface area (Å²) >= 11 is 8.19. The fraction of sp³-hybridized carbons (Fsp3) is 0.591. The van der Waals surface area contributed by atoms with E-state index >= 15 is 0 Å². The summed E-state index contributed by atoms with van der Waals surface area (Å²) in [6, 6.07) is 8.44. The Morgan fingerprint density at radius 3 is 2.42 bits per heavy atom. The number of thioether (sulfide) groups is 1. The van der Waals surface area contributed by atoms with Crippen LogP contribution in [-0.2, 0) is 6.54 Å². The molecule has 0 fully saturated rings. The lowest BCUT2D eigenvalue weighted by atomic mass is 10.1. The highest BCUT2D eigenvalue weighted by Gasteiger charge is 2.12. The molecule has 144 valence electrons. The highest BCUT2D eigenvalue weighted by Crippen LogP contribution is 2.34. The van der Waals surface area contributed by atoms with Crippen LogP contribution in [0, 0.1) is 0 Å². The molecule has 0 N–H and O–H groups in total. The fourth-order valence-electron chi connectivity index (χ4n) is 3.19. The summed E-state index contributed by atoms with van der Waals surface area (Å²) in [6.45, 7) is 3.32. The molecule has 0 saturated carbocycles. The second kappa shape index (κ2) is 13.3. The lowest BCUT2D eigenvalue weighted by molar-refractivity contribution is 0.598. The first-order chi connectivity index (χ1) is 12.8. The van der Waals surface area contributed by atoms with Crippen molar-refractivity contribution in [3.05, 3.63) is 53.6 Å². The molecule has 0 bridgehead atoms. The van der Waals surface area contributed by atoms with Crippen LogP contribution in [0.1, 0.15) is 75.5 Å². The number of rotatable bonds is 14. The van der Waals surface area contributed by atoms with Gasteiger partial charge in [-0.3, -0.25) is 0 Å². The summed E-state index contributed by atoms with van der Waals surface area (Å²) in [5, 5.41) is 1.39. The van der Waals surface area contributed by atoms with Gasteiger partial charge in [0.1, 0.15) is 0 Å². The van der Waals surface area contributed by atoms with Crippen molar-refractivity contribution in [1.29, 1.82) is 0 Å². The molecule has 0 saturated heterocycles. The van der Waals surface area contributed by atoms with E-state index in [1.54, 1.807) is 0 Å². The number of halogens is 1. The van der Waals surface area contributed by atoms with Crippen LogP contribution in [0.25, 0.3) is 0 Å². The third-order valence-corrected chi connectivity index (χ3v) is 6.44. The van der Waals surface area contributed by atoms with Crippen molar-refractivity contribution < 1.29 is 0 Å². The minimum Gasteiger partial charge on any atom is -0.337 e. The number of hydrogen-bond donors (Lipinski definition) is 0. The Morgan fingerprint density at radius 2 is 1.73 bits per heavy atom. The number of nitrogens with zero attached hydrogens (tertiary/aromatic N) is 2. The van der Waals surface area contributed by atoms with E-state index in [0.29, 0.717) is 5.25 Å². The molecule has 0 spiro atoms. The van der Waals surface area contributed by atoms with Gasteiger partial charge in [0.05, 0.1) is 6.33 Å². The maximum absolute atomic E-state index is 6.07. The second-order valence-electron chi connectivity index (χ2n) is 6.98. The smallest absolute Gasteiger partial charge is 0.0945 e. The van der Waals surface area contributed by atoms with E-state index in [0.717, 1.165) is 11.6 Å². The Kier molecular flexibility index (Phi) is 10.9. The predicted octanol–water partition coefficient (Wildman–Crippen LogP) is 7.54. The van der Waals surface area contributed by atoms with Crippen molar-refractivity contribution in [1.82, 2.24) is 9.55 Å². The van der Waals surface area contributed by atoms with Gasteiger partial charge in [0, 0.05) is 29.2 Å². The average molecular weight is 393 g/mol. The third-order valence-electron chi connectivity index (χ3n) is 4.75. The van der Waals surface area contributed by atoms with Crippen molar-refractivity contribution >= 4 is 23.4 Å². The monoisotopic (exact) mass is 392 g/mol. The van der Waals surface area contributed by atoms with Gasteiger partial charge in [0.25, 0.3) is 0 Å². The average Bonchev–Trinajstić information content (AvgIpc) is 3.17. The van der Waals surface area contributed by atoms with E-state index in [1.165, 1.54) is 69.1 Å². The standard InChI is InChI=1S/C22H33ClN2S/c1-2-3-4-5-6-7-8-18-26-22(20-11-13-21(23)14-12-20)10-9-16-25-17-15-24-19-25/h11-15,17,19,22H,2-10,16,18H2,1H3. The van der Waals surface area contributed by atoms with Gasteiger partial charge in [0.15, 0.2) is 0 Å². The summed E-state index contributed by atoms with van der Waals surface area (Å²) in [6.07, 6.45) is 17.8. The molecule has 1 unspecified atom stereocenters. The highest BCUT2D eigenvalue weighted by molar-refractivity contribution is 7.99. The zero-order chi connectivity index (χ0) is 18.5. The molecule has 2 aromatic rings. The molecule has 1 heterocycles. The second-order valence-corrected chi connectivity index (χ2v) is 8.72. The van der Waals surface area contributed by atoms with Gasteiger partial charge in [-0.15, -0.1) is 0 Å². The largest absolute Gasteiger partial charge is 0.337 e. The van der Waals surface area contributed by atoms with Gasteiger partial charge in [-0.1, -0.05) is 69.2 Å². The van der Waals surface area contributed by atoms with Gasteiger partial charge in [-0.05, 0) is 42.7 Å². The Morgan fingerprint density at radius 1 is 1.00 bits per heavy atom. The van der Waals surface area contributed by atoms with Gasteiger partial charge >= 0.3 is 0 Å². The fourth-order valence-corrected chi connectivity index (χ4v) is 4.65. The van der Waals surface area contributed by atoms with Crippen molar-refractivity contribution in [3.8, 4) is 0 Å². The molecule has 0 amide bonds. The zero-order valence-electron chi connectivity index (χ0n) is 16.1. The third kappa shape index (κ3) is 8.64. The molecule has 1 atom stereocenters. The molecule has 4 heteroatoms. The van der Waals surface area contributed by atoms with Crippen LogP contribution >= 0.6 is 23.4 Å². The van der Waals surface area contributed by atoms with Crippen LogP contribution in [0.2, 0.25) is 5.02 Å². The molecule has 2 rings (SSSR count). The lowest BCUT2D eigenvalue weighted by Crippen LogP contribution is -2.00. The highest BCUT2D eigenvalue weighted by atomic mass is 35.5. The molecule has 0 radical (unpaired) electrons. The Bertz CT molecular complexity index is 568. The molecule has 0 aliphatic rings. The van der Waals surface area contributed by atoms with E-state index in [2.05, 4.69) is 40.4 Å². The van der Waals surface area contributed by atoms with Crippen LogP contribution in [0.3, 0.4) is 0 Å². The Balaban J connectivity index is 1.72. The normalized spacial score (nSPS) is 12.4. The number of aromatic nitrogens is 2. The van der Waals surface area contributed by atoms with Gasteiger partial charge < -0.3 is 4.57 Å². The predicted molar refractivity (Wildman–Crippen MR) is 116 cm³/mol. The quantitative estimate of drug-likeness (QED) is 0.309. The summed E-state index contributed by atoms with van der Waals surface area (Å²) < 4.78 is 2.17. The maximum atomic E-state index is 6.07. The molecular formula is C22H33ClN2S. The first-order valence-electron chi connectivity index (χ1n) is 10.1. The summed E-state index contributed by atoms with van der Waals surface area (Å²) in [4.78, 5) is 4.13. The molecule has 0 aliphatic heterocycles. The van der Waals surface area contributed by atoms with Crippen molar-refractivity contribution in [2.24, 2.45) is 0 Å². The molecule has 2 nitrogen and oxygen atoms in total. The number of unbranched alkanes of at least 4 members (excludes halogenated alkanes) is 6. The van der Waals surface area contributed by atoms with Crippen LogP contribution in [-0.4, -0.2) is 15.3 Å². The van der Waals surface area contributed by atoms with Crippen LogP contribution in [0.15, 0.2) is 43.0 Å². The molecular weight excluding hydrogens is 360 g/mol. The number of aryl methyl sites for hydroxylation is 1. The number of benzene rings is 1. The SMILES string of the molecule is CCCCCCCCCSC(CCCn1ccnc1)c1ccc(Cl)cc1. The van der Waals surface area contributed by atoms with E-state index in [1.807, 2.05) is 30.9 Å². The number of imidazole rings is 1. The van der Waals surface area contributed by atoms with Crippen LogP contribution in [0.4, 0.5) is 0 Å². The minimum absolute atomic E-state index is 0.566. The van der Waals surface area contributed by atoms with Crippen molar-refractivity contribution in [2.75, 3.05) is 5.75 Å². The van der Waals surface area contributed by atoms with Crippen molar-refractivity contribution in [2.45, 2.75) is 76.5 Å². The Labute approximate surface area is 168 Å². The van der Waals surface area contributed by atoms with Crippen LogP contribution in [0.5, 0.6) is 0 Å². The first kappa shape index (κ1) is 21.4. The van der Waals surface area contributed by atoms with E-state index in [-0.39, 0.29) is 0 Å². The molecule has 1 aromatic carbocycles. The van der Waals surface area contributed by atoms with E-state index in [4.69, 9.17) is 11.6 Å². The summed E-state index contributed by atoms with van der Waals surface area (Å²) in [5.41, 5.74) is 1.41. The zero-order valence-corrected chi connectivity index (χ0v) is 17.7. The van der Waals surface area contributed by atoms with Crippen molar-refractivity contribution in [3.63, 3.8) is 0 Å². The molecule has 0 aliphatic carbocycles.